The van der Waals surface area contributed by atoms with Crippen LogP contribution < -0.4 is 10.1 Å². The quantitative estimate of drug-likeness (QED) is 0.695. The van der Waals surface area contributed by atoms with Gasteiger partial charge in [-0.25, -0.2) is 14.8 Å². The van der Waals surface area contributed by atoms with Crippen molar-refractivity contribution in [2.75, 3.05) is 20.2 Å². The molecule has 3 aromatic rings. The molecule has 4 rings (SSSR count). The van der Waals surface area contributed by atoms with Gasteiger partial charge in [-0.15, -0.1) is 0 Å². The zero-order chi connectivity index (χ0) is 20.2. The summed E-state index contributed by atoms with van der Waals surface area (Å²) >= 11 is 0. The lowest BCUT2D eigenvalue weighted by Crippen LogP contribution is -2.38. The van der Waals surface area contributed by atoms with E-state index in [4.69, 9.17) is 9.72 Å². The van der Waals surface area contributed by atoms with Gasteiger partial charge in [0.1, 0.15) is 17.1 Å². The van der Waals surface area contributed by atoms with Gasteiger partial charge in [0.2, 0.25) is 0 Å². The number of nitrogens with one attached hydrogen (secondary N) is 1. The van der Waals surface area contributed by atoms with Crippen molar-refractivity contribution in [1.29, 1.82) is 0 Å². The Kier molecular flexibility index (Phi) is 5.64. The number of carbonyl (C=O) groups excluding carboxylic acids is 1. The lowest BCUT2D eigenvalue weighted by atomic mass is 10.1. The third-order valence-corrected chi connectivity index (χ3v) is 5.40. The standard InChI is InChI=1S/C22H27N5O2/c1-3-11-27-20(25-19-8-5-10-23-21(19)27)17-9-12-26(15-17)22(28)24-14-16-6-4-7-18(13-16)29-2/h4-8,10,13,17H,3,9,11-12,14-15H2,1-2H3,(H,24,28)/t17-/m0/s1. The van der Waals surface area contributed by atoms with Crippen LogP contribution in [0.4, 0.5) is 4.79 Å². The molecule has 1 aromatic carbocycles. The number of hydrogen-bond acceptors (Lipinski definition) is 4. The normalized spacial score (nSPS) is 16.3. The van der Waals surface area contributed by atoms with E-state index >= 15 is 0 Å². The van der Waals surface area contributed by atoms with Gasteiger partial charge in [-0.1, -0.05) is 19.1 Å². The second kappa shape index (κ2) is 8.51. The number of likely N-dealkylation sites (tertiary alicyclic amines) is 1. The Bertz CT molecular complexity index is 1000. The van der Waals surface area contributed by atoms with Crippen LogP contribution >= 0.6 is 0 Å². The molecule has 0 unspecified atom stereocenters. The summed E-state index contributed by atoms with van der Waals surface area (Å²) in [6.07, 6.45) is 3.75. The number of rotatable bonds is 6. The van der Waals surface area contributed by atoms with Crippen molar-refractivity contribution in [3.8, 4) is 5.75 Å². The molecule has 3 heterocycles. The molecule has 1 atom stereocenters. The van der Waals surface area contributed by atoms with E-state index in [1.54, 1.807) is 7.11 Å². The fraction of sp³-hybridized carbons (Fsp3) is 0.409. The largest absolute Gasteiger partial charge is 0.497 e. The number of amides is 2. The molecule has 0 bridgehead atoms. The summed E-state index contributed by atoms with van der Waals surface area (Å²) in [5.41, 5.74) is 2.88. The number of imidazole rings is 1. The monoisotopic (exact) mass is 393 g/mol. The summed E-state index contributed by atoms with van der Waals surface area (Å²) < 4.78 is 7.46. The zero-order valence-corrected chi connectivity index (χ0v) is 17.0. The minimum absolute atomic E-state index is 0.0356. The number of aryl methyl sites for hydroxylation is 1. The van der Waals surface area contributed by atoms with Gasteiger partial charge in [0.25, 0.3) is 0 Å². The number of aromatic nitrogens is 3. The summed E-state index contributed by atoms with van der Waals surface area (Å²) in [6.45, 7) is 4.94. The number of urea groups is 1. The van der Waals surface area contributed by atoms with Crippen LogP contribution in [0.2, 0.25) is 0 Å². The van der Waals surface area contributed by atoms with Crippen molar-refractivity contribution in [2.24, 2.45) is 0 Å². The van der Waals surface area contributed by atoms with E-state index in [0.717, 1.165) is 54.2 Å². The van der Waals surface area contributed by atoms with Crippen LogP contribution in [-0.4, -0.2) is 45.7 Å². The number of carbonyl (C=O) groups is 1. The molecule has 1 aliphatic heterocycles. The van der Waals surface area contributed by atoms with Crippen molar-refractivity contribution < 1.29 is 9.53 Å². The van der Waals surface area contributed by atoms with Crippen molar-refractivity contribution in [2.45, 2.75) is 38.8 Å². The lowest BCUT2D eigenvalue weighted by Gasteiger charge is -2.18. The summed E-state index contributed by atoms with van der Waals surface area (Å²) in [5, 5.41) is 3.02. The highest BCUT2D eigenvalue weighted by Gasteiger charge is 2.31. The van der Waals surface area contributed by atoms with Crippen LogP contribution in [0, 0.1) is 0 Å². The molecule has 1 fully saturated rings. The Morgan fingerprint density at radius 1 is 1.31 bits per heavy atom. The second-order valence-electron chi connectivity index (χ2n) is 7.41. The Morgan fingerprint density at radius 2 is 2.21 bits per heavy atom. The highest BCUT2D eigenvalue weighted by Crippen LogP contribution is 2.29. The summed E-state index contributed by atoms with van der Waals surface area (Å²) in [4.78, 5) is 23.9. The minimum atomic E-state index is -0.0356. The van der Waals surface area contributed by atoms with Gasteiger partial charge in [0.05, 0.1) is 7.11 Å². The number of ether oxygens (including phenoxy) is 1. The molecular formula is C22H27N5O2. The highest BCUT2D eigenvalue weighted by molar-refractivity contribution is 5.75. The lowest BCUT2D eigenvalue weighted by molar-refractivity contribution is 0.207. The van der Waals surface area contributed by atoms with E-state index in [9.17, 15) is 4.79 Å². The first-order chi connectivity index (χ1) is 14.2. The molecule has 0 aliphatic carbocycles. The molecule has 1 aliphatic rings. The van der Waals surface area contributed by atoms with Gasteiger partial charge in [0.15, 0.2) is 5.65 Å². The molecule has 2 amide bonds. The molecule has 1 saturated heterocycles. The topological polar surface area (TPSA) is 72.3 Å². The first kappa shape index (κ1) is 19.2. The summed E-state index contributed by atoms with van der Waals surface area (Å²) in [6, 6.07) is 11.6. The average Bonchev–Trinajstić information content (AvgIpc) is 3.38. The van der Waals surface area contributed by atoms with Gasteiger partial charge in [-0.2, -0.15) is 0 Å². The van der Waals surface area contributed by atoms with Crippen LogP contribution in [0.5, 0.6) is 5.75 Å². The maximum Gasteiger partial charge on any atom is 0.317 e. The van der Waals surface area contributed by atoms with Crippen LogP contribution in [0.25, 0.3) is 11.2 Å². The van der Waals surface area contributed by atoms with Crippen molar-refractivity contribution in [3.05, 3.63) is 54.0 Å². The SMILES string of the molecule is CCCn1c([C@H]2CCN(C(=O)NCc3cccc(OC)c3)C2)nc2cccnc21. The minimum Gasteiger partial charge on any atom is -0.497 e. The highest BCUT2D eigenvalue weighted by atomic mass is 16.5. The van der Waals surface area contributed by atoms with Crippen LogP contribution in [0.15, 0.2) is 42.6 Å². The predicted octanol–water partition coefficient (Wildman–Crippen LogP) is 3.55. The van der Waals surface area contributed by atoms with E-state index in [2.05, 4.69) is 21.8 Å². The maximum atomic E-state index is 12.7. The number of nitrogens with zero attached hydrogens (tertiary/aromatic N) is 4. The summed E-state index contributed by atoms with van der Waals surface area (Å²) in [5.74, 6) is 2.07. The van der Waals surface area contributed by atoms with E-state index in [0.29, 0.717) is 13.1 Å². The predicted molar refractivity (Wildman–Crippen MR) is 112 cm³/mol. The van der Waals surface area contributed by atoms with Crippen molar-refractivity contribution in [3.63, 3.8) is 0 Å². The van der Waals surface area contributed by atoms with Gasteiger partial charge in [-0.3, -0.25) is 0 Å². The Hall–Kier alpha value is -3.09. The molecule has 2 aromatic heterocycles. The number of fused-ring (bicyclic) bond motifs is 1. The van der Waals surface area contributed by atoms with Gasteiger partial charge in [0, 0.05) is 38.3 Å². The number of pyridine rings is 1. The molecule has 0 spiro atoms. The van der Waals surface area contributed by atoms with Crippen molar-refractivity contribution >= 4 is 17.2 Å². The molecule has 7 heteroatoms. The summed E-state index contributed by atoms with van der Waals surface area (Å²) in [7, 11) is 1.64. The maximum absolute atomic E-state index is 12.7. The number of methoxy groups -OCH3 is 1. The van der Waals surface area contributed by atoms with E-state index in [1.807, 2.05) is 47.5 Å². The average molecular weight is 393 g/mol. The smallest absolute Gasteiger partial charge is 0.317 e. The second-order valence-corrected chi connectivity index (χ2v) is 7.41. The molecule has 29 heavy (non-hydrogen) atoms. The van der Waals surface area contributed by atoms with Gasteiger partial charge >= 0.3 is 6.03 Å². The van der Waals surface area contributed by atoms with Crippen LogP contribution in [-0.2, 0) is 13.1 Å². The zero-order valence-electron chi connectivity index (χ0n) is 17.0. The van der Waals surface area contributed by atoms with Crippen molar-refractivity contribution in [1.82, 2.24) is 24.8 Å². The third-order valence-electron chi connectivity index (χ3n) is 5.40. The van der Waals surface area contributed by atoms with E-state index < -0.39 is 0 Å². The fourth-order valence-electron chi connectivity index (χ4n) is 3.96. The van der Waals surface area contributed by atoms with Crippen LogP contribution in [0.1, 0.15) is 37.1 Å². The Balaban J connectivity index is 1.43. The van der Waals surface area contributed by atoms with Gasteiger partial charge in [-0.05, 0) is 42.7 Å². The molecule has 0 saturated carbocycles. The molecule has 7 nitrogen and oxygen atoms in total. The molecule has 1 N–H and O–H groups in total. The van der Waals surface area contributed by atoms with E-state index in [-0.39, 0.29) is 11.9 Å². The molecule has 152 valence electrons. The molecule has 0 radical (unpaired) electrons. The van der Waals surface area contributed by atoms with Gasteiger partial charge < -0.3 is 19.5 Å². The van der Waals surface area contributed by atoms with Crippen LogP contribution in [0.3, 0.4) is 0 Å². The third kappa shape index (κ3) is 4.04. The van der Waals surface area contributed by atoms with E-state index in [1.165, 1.54) is 0 Å². The Labute approximate surface area is 170 Å². The Morgan fingerprint density at radius 3 is 3.03 bits per heavy atom. The first-order valence-electron chi connectivity index (χ1n) is 10.2. The number of benzene rings is 1. The number of hydrogen-bond donors (Lipinski definition) is 1. The molecular weight excluding hydrogens is 366 g/mol. The first-order valence-corrected chi connectivity index (χ1v) is 10.2. The fourth-order valence-corrected chi connectivity index (χ4v) is 3.96.